The lowest BCUT2D eigenvalue weighted by molar-refractivity contribution is -0.167. The van der Waals surface area contributed by atoms with Crippen molar-refractivity contribution >= 4 is 17.9 Å². The highest BCUT2D eigenvalue weighted by atomic mass is 16.6. The van der Waals surface area contributed by atoms with Crippen molar-refractivity contribution in [3.8, 4) is 0 Å². The van der Waals surface area contributed by atoms with Gasteiger partial charge in [-0.3, -0.25) is 14.4 Å². The molecule has 0 saturated carbocycles. The molecule has 0 rings (SSSR count). The molecule has 0 aromatic rings. The molecule has 0 aliphatic heterocycles. The Labute approximate surface area is 446 Å². The van der Waals surface area contributed by atoms with Crippen LogP contribution < -0.4 is 0 Å². The summed E-state index contributed by atoms with van der Waals surface area (Å²) < 4.78 is 16.9. The molecule has 6 nitrogen and oxygen atoms in total. The van der Waals surface area contributed by atoms with E-state index in [4.69, 9.17) is 14.2 Å². The topological polar surface area (TPSA) is 78.9 Å². The van der Waals surface area contributed by atoms with Gasteiger partial charge >= 0.3 is 17.9 Å². The standard InChI is InChI=1S/C66H116O6/c1-4-7-10-13-16-19-22-25-28-31-33-36-38-41-44-47-50-53-56-59-65(68)71-62-63(61-70-64(67)58-55-52-49-46-43-40-37-34-30-27-24-21-18-15-12-9-6-3)72-66(69)60-57-54-51-48-45-42-39-35-32-29-26-23-20-17-14-11-8-5-2/h7,10,16,19,25,27-28,30,33,35-36,39,63H,4-6,8-9,11-15,17-18,20-24,26,29,31-32,34,37-38,40-62H2,1-3H3/b10-7-,19-16-,28-25-,30-27-,36-33-,39-35-. The number of allylic oxidation sites excluding steroid dienone is 12. The molecule has 0 radical (unpaired) electrons. The molecule has 0 aromatic carbocycles. The Morgan fingerprint density at radius 2 is 0.542 bits per heavy atom. The highest BCUT2D eigenvalue weighted by molar-refractivity contribution is 5.71. The number of carbonyl (C=O) groups excluding carboxylic acids is 3. The van der Waals surface area contributed by atoms with Gasteiger partial charge in [0.05, 0.1) is 0 Å². The summed E-state index contributed by atoms with van der Waals surface area (Å²) in [6.07, 6.45) is 77.5. The number of esters is 3. The minimum atomic E-state index is -0.789. The van der Waals surface area contributed by atoms with Crippen molar-refractivity contribution in [3.63, 3.8) is 0 Å². The molecule has 0 spiro atoms. The normalized spacial score (nSPS) is 12.5. The van der Waals surface area contributed by atoms with Crippen LogP contribution >= 0.6 is 0 Å². The van der Waals surface area contributed by atoms with Crippen molar-refractivity contribution in [1.29, 1.82) is 0 Å². The van der Waals surface area contributed by atoms with Crippen LogP contribution in [-0.4, -0.2) is 37.2 Å². The minimum Gasteiger partial charge on any atom is -0.462 e. The number of carbonyl (C=O) groups is 3. The fourth-order valence-electron chi connectivity index (χ4n) is 8.78. The Balaban J connectivity index is 4.41. The van der Waals surface area contributed by atoms with Gasteiger partial charge in [0.2, 0.25) is 0 Å². The summed E-state index contributed by atoms with van der Waals surface area (Å²) in [5.74, 6) is -0.898. The zero-order valence-corrected chi connectivity index (χ0v) is 47.7. The molecule has 72 heavy (non-hydrogen) atoms. The molecule has 0 aromatic heterocycles. The predicted octanol–water partition coefficient (Wildman–Crippen LogP) is 20.9. The summed E-state index contributed by atoms with van der Waals surface area (Å²) in [6, 6.07) is 0. The van der Waals surface area contributed by atoms with Crippen molar-refractivity contribution in [3.05, 3.63) is 72.9 Å². The molecular formula is C66H116O6. The molecule has 0 N–H and O–H groups in total. The minimum absolute atomic E-state index is 0.0845. The fraction of sp³-hybridized carbons (Fsp3) is 0.773. The first-order valence-corrected chi connectivity index (χ1v) is 30.9. The smallest absolute Gasteiger partial charge is 0.306 e. The number of ether oxygens (including phenoxy) is 3. The third-order valence-corrected chi connectivity index (χ3v) is 13.4. The van der Waals surface area contributed by atoms with Gasteiger partial charge in [-0.25, -0.2) is 0 Å². The molecule has 1 atom stereocenters. The Morgan fingerprint density at radius 3 is 0.861 bits per heavy atom. The van der Waals surface area contributed by atoms with E-state index >= 15 is 0 Å². The van der Waals surface area contributed by atoms with Crippen molar-refractivity contribution in [2.24, 2.45) is 0 Å². The summed E-state index contributed by atoms with van der Waals surface area (Å²) in [5.41, 5.74) is 0. The first-order valence-electron chi connectivity index (χ1n) is 30.9. The number of hydrogen-bond donors (Lipinski definition) is 0. The molecule has 0 saturated heterocycles. The highest BCUT2D eigenvalue weighted by Gasteiger charge is 2.19. The van der Waals surface area contributed by atoms with E-state index < -0.39 is 6.10 Å². The van der Waals surface area contributed by atoms with Crippen LogP contribution in [-0.2, 0) is 28.6 Å². The van der Waals surface area contributed by atoms with Crippen LogP contribution in [0.25, 0.3) is 0 Å². The lowest BCUT2D eigenvalue weighted by Gasteiger charge is -2.18. The van der Waals surface area contributed by atoms with Gasteiger partial charge in [0.25, 0.3) is 0 Å². The lowest BCUT2D eigenvalue weighted by Crippen LogP contribution is -2.30. The van der Waals surface area contributed by atoms with E-state index in [9.17, 15) is 14.4 Å². The van der Waals surface area contributed by atoms with Crippen LogP contribution in [0.2, 0.25) is 0 Å². The monoisotopic (exact) mass is 1000 g/mol. The summed E-state index contributed by atoms with van der Waals surface area (Å²) in [5, 5.41) is 0. The first-order chi connectivity index (χ1) is 35.5. The first kappa shape index (κ1) is 68.8. The maximum atomic E-state index is 12.9. The number of unbranched alkanes of at least 4 members (excludes halogenated alkanes) is 33. The SMILES string of the molecule is CC/C=C\C/C=C\C/C=C\C/C=C\CCCCCCCCC(=O)OCC(COC(=O)CCCCCCCCC/C=C\CCCCCCCC)OC(=O)CCCCCCC/C=C\CCCCCCCCCCC. The van der Waals surface area contributed by atoms with Gasteiger partial charge in [-0.15, -0.1) is 0 Å². The average Bonchev–Trinajstić information content (AvgIpc) is 3.38. The van der Waals surface area contributed by atoms with Crippen molar-refractivity contribution in [1.82, 2.24) is 0 Å². The summed E-state index contributed by atoms with van der Waals surface area (Å²) in [4.78, 5) is 38.3. The Morgan fingerprint density at radius 1 is 0.292 bits per heavy atom. The molecule has 0 aliphatic carbocycles. The molecule has 1 unspecified atom stereocenters. The zero-order valence-electron chi connectivity index (χ0n) is 47.7. The molecule has 0 amide bonds. The molecule has 416 valence electrons. The average molecular weight is 1010 g/mol. The van der Waals surface area contributed by atoms with E-state index in [0.29, 0.717) is 19.3 Å². The van der Waals surface area contributed by atoms with Gasteiger partial charge in [-0.05, 0) is 109 Å². The van der Waals surface area contributed by atoms with Crippen LogP contribution in [0.5, 0.6) is 0 Å². The second-order valence-corrected chi connectivity index (χ2v) is 20.6. The summed E-state index contributed by atoms with van der Waals surface area (Å²) in [6.45, 7) is 6.53. The summed E-state index contributed by atoms with van der Waals surface area (Å²) in [7, 11) is 0. The maximum absolute atomic E-state index is 12.9. The van der Waals surface area contributed by atoms with Gasteiger partial charge in [-0.1, -0.05) is 254 Å². The second kappa shape index (κ2) is 60.4. The third-order valence-electron chi connectivity index (χ3n) is 13.4. The summed E-state index contributed by atoms with van der Waals surface area (Å²) >= 11 is 0. The van der Waals surface area contributed by atoms with E-state index in [0.717, 1.165) is 103 Å². The van der Waals surface area contributed by atoms with Crippen molar-refractivity contribution in [2.45, 2.75) is 316 Å². The van der Waals surface area contributed by atoms with E-state index in [1.807, 2.05) is 0 Å². The number of rotatable bonds is 56. The van der Waals surface area contributed by atoms with E-state index in [2.05, 4.69) is 93.7 Å². The predicted molar refractivity (Wildman–Crippen MR) is 311 cm³/mol. The molecular weight excluding hydrogens is 889 g/mol. The van der Waals surface area contributed by atoms with Crippen LogP contribution in [0.1, 0.15) is 310 Å². The highest BCUT2D eigenvalue weighted by Crippen LogP contribution is 2.16. The lowest BCUT2D eigenvalue weighted by atomic mass is 10.1. The Hall–Kier alpha value is -3.15. The van der Waals surface area contributed by atoms with Gasteiger partial charge in [-0.2, -0.15) is 0 Å². The van der Waals surface area contributed by atoms with Crippen LogP contribution in [0.4, 0.5) is 0 Å². The molecule has 0 fully saturated rings. The Kier molecular flexibility index (Phi) is 57.8. The third kappa shape index (κ3) is 57.7. The van der Waals surface area contributed by atoms with Crippen molar-refractivity contribution < 1.29 is 28.6 Å². The van der Waals surface area contributed by atoms with Crippen LogP contribution in [0.15, 0.2) is 72.9 Å². The second-order valence-electron chi connectivity index (χ2n) is 20.6. The Bertz CT molecular complexity index is 1340. The molecule has 0 aliphatic rings. The van der Waals surface area contributed by atoms with Gasteiger partial charge in [0.1, 0.15) is 13.2 Å². The molecule has 6 heteroatoms. The zero-order chi connectivity index (χ0) is 52.2. The number of hydrogen-bond acceptors (Lipinski definition) is 6. The van der Waals surface area contributed by atoms with E-state index in [1.165, 1.54) is 167 Å². The quantitative estimate of drug-likeness (QED) is 0.0261. The van der Waals surface area contributed by atoms with E-state index in [-0.39, 0.29) is 31.1 Å². The molecule has 0 heterocycles. The molecule has 0 bridgehead atoms. The maximum Gasteiger partial charge on any atom is 0.306 e. The van der Waals surface area contributed by atoms with Gasteiger partial charge in [0.15, 0.2) is 6.10 Å². The largest absolute Gasteiger partial charge is 0.462 e. The fourth-order valence-corrected chi connectivity index (χ4v) is 8.78. The van der Waals surface area contributed by atoms with Crippen LogP contribution in [0.3, 0.4) is 0 Å². The van der Waals surface area contributed by atoms with Gasteiger partial charge in [0, 0.05) is 19.3 Å². The van der Waals surface area contributed by atoms with Crippen LogP contribution in [0, 0.1) is 0 Å². The van der Waals surface area contributed by atoms with Gasteiger partial charge < -0.3 is 14.2 Å². The van der Waals surface area contributed by atoms with E-state index in [1.54, 1.807) is 0 Å². The van der Waals surface area contributed by atoms with Crippen molar-refractivity contribution in [2.75, 3.05) is 13.2 Å².